The topological polar surface area (TPSA) is 78.4 Å². The predicted octanol–water partition coefficient (Wildman–Crippen LogP) is 0.547. The van der Waals surface area contributed by atoms with E-state index in [4.69, 9.17) is 5.11 Å². The van der Waals surface area contributed by atoms with Crippen LogP contribution in [-0.2, 0) is 16.0 Å². The first-order chi connectivity index (χ1) is 8.99. The summed E-state index contributed by atoms with van der Waals surface area (Å²) in [6.45, 7) is 1.85. The van der Waals surface area contributed by atoms with Gasteiger partial charge >= 0.3 is 5.97 Å². The Kier molecular flexibility index (Phi) is 5.95. The summed E-state index contributed by atoms with van der Waals surface area (Å²) in [7, 11) is 0. The number of benzene rings is 1. The van der Waals surface area contributed by atoms with Crippen LogP contribution < -0.4 is 10.6 Å². The molecule has 1 aromatic carbocycles. The highest BCUT2D eigenvalue weighted by molar-refractivity contribution is 5.79. The third kappa shape index (κ3) is 5.96. The Hall–Kier alpha value is -1.95. The minimum absolute atomic E-state index is 0.0448. The van der Waals surface area contributed by atoms with Gasteiger partial charge in [0.15, 0.2) is 0 Å². The second-order valence-corrected chi connectivity index (χ2v) is 4.17. The average Bonchev–Trinajstić information content (AvgIpc) is 2.38. The van der Waals surface area contributed by atoms with Crippen molar-refractivity contribution >= 4 is 11.9 Å². The molecule has 0 bridgehead atoms. The standard InChI is InChI=1S/C13H17FN2O3/c1-9(13(18)19)16-8-12(17)15-7-6-10-2-4-11(14)5-3-10/h2-5,9,16H,6-8H2,1H3,(H,15,17)(H,18,19). The molecule has 0 radical (unpaired) electrons. The Morgan fingerprint density at radius 3 is 2.53 bits per heavy atom. The molecule has 0 saturated heterocycles. The summed E-state index contributed by atoms with van der Waals surface area (Å²) in [4.78, 5) is 21.9. The van der Waals surface area contributed by atoms with Crippen molar-refractivity contribution in [1.29, 1.82) is 0 Å². The van der Waals surface area contributed by atoms with Crippen molar-refractivity contribution < 1.29 is 19.1 Å². The van der Waals surface area contributed by atoms with E-state index in [1.165, 1.54) is 19.1 Å². The number of carbonyl (C=O) groups excluding carboxylic acids is 1. The highest BCUT2D eigenvalue weighted by atomic mass is 19.1. The Morgan fingerprint density at radius 2 is 1.95 bits per heavy atom. The van der Waals surface area contributed by atoms with E-state index in [-0.39, 0.29) is 18.3 Å². The van der Waals surface area contributed by atoms with Gasteiger partial charge in [-0.2, -0.15) is 0 Å². The van der Waals surface area contributed by atoms with Crippen molar-refractivity contribution in [2.24, 2.45) is 0 Å². The van der Waals surface area contributed by atoms with Crippen molar-refractivity contribution in [3.63, 3.8) is 0 Å². The molecule has 0 fully saturated rings. The van der Waals surface area contributed by atoms with Gasteiger partial charge in [0.25, 0.3) is 0 Å². The average molecular weight is 268 g/mol. The zero-order valence-corrected chi connectivity index (χ0v) is 10.6. The van der Waals surface area contributed by atoms with Crippen molar-refractivity contribution in [3.05, 3.63) is 35.6 Å². The highest BCUT2D eigenvalue weighted by Crippen LogP contribution is 2.02. The van der Waals surface area contributed by atoms with Crippen LogP contribution in [0.1, 0.15) is 12.5 Å². The molecule has 0 aliphatic rings. The predicted molar refractivity (Wildman–Crippen MR) is 68.2 cm³/mol. The molecule has 1 rings (SSSR count). The number of rotatable bonds is 7. The van der Waals surface area contributed by atoms with Crippen molar-refractivity contribution in [1.82, 2.24) is 10.6 Å². The Bertz CT molecular complexity index is 434. The molecule has 19 heavy (non-hydrogen) atoms. The lowest BCUT2D eigenvalue weighted by Gasteiger charge is -2.09. The first-order valence-electron chi connectivity index (χ1n) is 5.96. The molecule has 3 N–H and O–H groups in total. The fraction of sp³-hybridized carbons (Fsp3) is 0.385. The molecule has 1 unspecified atom stereocenters. The quantitative estimate of drug-likeness (QED) is 0.674. The molecular formula is C13H17FN2O3. The van der Waals surface area contributed by atoms with E-state index in [1.54, 1.807) is 12.1 Å². The van der Waals surface area contributed by atoms with Crippen LogP contribution in [0, 0.1) is 5.82 Å². The number of amides is 1. The number of hydrogen-bond donors (Lipinski definition) is 3. The van der Waals surface area contributed by atoms with Crippen LogP contribution in [0.25, 0.3) is 0 Å². The van der Waals surface area contributed by atoms with Crippen LogP contribution in [0.2, 0.25) is 0 Å². The summed E-state index contributed by atoms with van der Waals surface area (Å²) in [6.07, 6.45) is 0.598. The third-order valence-corrected chi connectivity index (χ3v) is 2.59. The molecule has 0 aliphatic heterocycles. The van der Waals surface area contributed by atoms with Gasteiger partial charge in [0.05, 0.1) is 6.54 Å². The summed E-state index contributed by atoms with van der Waals surface area (Å²) < 4.78 is 12.7. The zero-order chi connectivity index (χ0) is 14.3. The molecule has 0 spiro atoms. The minimum atomic E-state index is -1.00. The number of carbonyl (C=O) groups is 2. The molecule has 1 amide bonds. The number of halogens is 1. The second-order valence-electron chi connectivity index (χ2n) is 4.17. The van der Waals surface area contributed by atoms with E-state index in [9.17, 15) is 14.0 Å². The van der Waals surface area contributed by atoms with Crippen LogP contribution in [0.4, 0.5) is 4.39 Å². The van der Waals surface area contributed by atoms with E-state index < -0.39 is 12.0 Å². The van der Waals surface area contributed by atoms with Gasteiger partial charge in [0.1, 0.15) is 11.9 Å². The summed E-state index contributed by atoms with van der Waals surface area (Å²) in [5, 5.41) is 13.8. The van der Waals surface area contributed by atoms with Gasteiger partial charge in [-0.05, 0) is 31.0 Å². The van der Waals surface area contributed by atoms with E-state index in [0.29, 0.717) is 13.0 Å². The summed E-state index contributed by atoms with van der Waals surface area (Å²) in [5.41, 5.74) is 0.925. The molecule has 1 atom stereocenters. The van der Waals surface area contributed by atoms with E-state index in [1.807, 2.05) is 0 Å². The molecule has 1 aromatic rings. The van der Waals surface area contributed by atoms with Gasteiger partial charge in [-0.25, -0.2) is 4.39 Å². The Morgan fingerprint density at radius 1 is 1.32 bits per heavy atom. The normalized spacial score (nSPS) is 11.9. The van der Waals surface area contributed by atoms with Crippen LogP contribution in [0.5, 0.6) is 0 Å². The number of carboxylic acids is 1. The number of hydrogen-bond acceptors (Lipinski definition) is 3. The number of carboxylic acid groups (broad SMARTS) is 1. The monoisotopic (exact) mass is 268 g/mol. The van der Waals surface area contributed by atoms with Crippen molar-refractivity contribution in [3.8, 4) is 0 Å². The van der Waals surface area contributed by atoms with Gasteiger partial charge in [-0.3, -0.25) is 14.9 Å². The summed E-state index contributed by atoms with van der Waals surface area (Å²) >= 11 is 0. The fourth-order valence-corrected chi connectivity index (χ4v) is 1.39. The highest BCUT2D eigenvalue weighted by Gasteiger charge is 2.11. The van der Waals surface area contributed by atoms with Crippen LogP contribution >= 0.6 is 0 Å². The molecular weight excluding hydrogens is 251 g/mol. The smallest absolute Gasteiger partial charge is 0.320 e. The molecule has 0 saturated carbocycles. The summed E-state index contributed by atoms with van der Waals surface area (Å²) in [6, 6.07) is 5.29. The van der Waals surface area contributed by atoms with Crippen LogP contribution in [0.3, 0.4) is 0 Å². The minimum Gasteiger partial charge on any atom is -0.480 e. The third-order valence-electron chi connectivity index (χ3n) is 2.59. The van der Waals surface area contributed by atoms with Gasteiger partial charge in [0, 0.05) is 6.54 Å². The van der Waals surface area contributed by atoms with Crippen molar-refractivity contribution in [2.45, 2.75) is 19.4 Å². The maximum Gasteiger partial charge on any atom is 0.320 e. The largest absolute Gasteiger partial charge is 0.480 e. The molecule has 0 aliphatic carbocycles. The Balaban J connectivity index is 2.20. The van der Waals surface area contributed by atoms with Gasteiger partial charge in [-0.15, -0.1) is 0 Å². The van der Waals surface area contributed by atoms with E-state index in [2.05, 4.69) is 10.6 Å². The van der Waals surface area contributed by atoms with E-state index in [0.717, 1.165) is 5.56 Å². The van der Waals surface area contributed by atoms with E-state index >= 15 is 0 Å². The molecule has 5 nitrogen and oxygen atoms in total. The van der Waals surface area contributed by atoms with Gasteiger partial charge < -0.3 is 10.4 Å². The summed E-state index contributed by atoms with van der Waals surface area (Å²) in [5.74, 6) is -1.56. The first kappa shape index (κ1) is 15.1. The molecule has 0 heterocycles. The number of aliphatic carboxylic acids is 1. The Labute approximate surface area is 110 Å². The maximum absolute atomic E-state index is 12.7. The van der Waals surface area contributed by atoms with Crippen LogP contribution in [0.15, 0.2) is 24.3 Å². The lowest BCUT2D eigenvalue weighted by Crippen LogP contribution is -2.41. The fourth-order valence-electron chi connectivity index (χ4n) is 1.39. The molecule has 6 heteroatoms. The number of nitrogens with one attached hydrogen (secondary N) is 2. The lowest BCUT2D eigenvalue weighted by atomic mass is 10.1. The lowest BCUT2D eigenvalue weighted by molar-refractivity contribution is -0.139. The van der Waals surface area contributed by atoms with Gasteiger partial charge in [0.2, 0.25) is 5.91 Å². The molecule has 0 aromatic heterocycles. The van der Waals surface area contributed by atoms with Crippen molar-refractivity contribution in [2.75, 3.05) is 13.1 Å². The SMILES string of the molecule is CC(NCC(=O)NCCc1ccc(F)cc1)C(=O)O. The van der Waals surface area contributed by atoms with Crippen LogP contribution in [-0.4, -0.2) is 36.1 Å². The molecule has 104 valence electrons. The maximum atomic E-state index is 12.7. The first-order valence-corrected chi connectivity index (χ1v) is 5.96. The zero-order valence-electron chi connectivity index (χ0n) is 10.6. The van der Waals surface area contributed by atoms with Gasteiger partial charge in [-0.1, -0.05) is 12.1 Å². The second kappa shape index (κ2) is 7.48.